The van der Waals surface area contributed by atoms with Crippen LogP contribution in [0.5, 0.6) is 0 Å². The molecule has 1 amide bonds. The van der Waals surface area contributed by atoms with Gasteiger partial charge in [-0.2, -0.15) is 0 Å². The molecule has 1 aliphatic rings. The van der Waals surface area contributed by atoms with Crippen LogP contribution < -0.4 is 11.2 Å². The number of aliphatic imine (C=N–C) groups is 1. The summed E-state index contributed by atoms with van der Waals surface area (Å²) in [6.07, 6.45) is -1.53. The van der Waals surface area contributed by atoms with Crippen LogP contribution in [-0.2, 0) is 10.4 Å². The minimum Gasteiger partial charge on any atom is -0.379 e. The Labute approximate surface area is 125 Å². The van der Waals surface area contributed by atoms with Gasteiger partial charge in [0.15, 0.2) is 12.3 Å². The Morgan fingerprint density at radius 1 is 1.45 bits per heavy atom. The second kappa shape index (κ2) is 5.64. The van der Waals surface area contributed by atoms with Gasteiger partial charge in [-0.05, 0) is 24.6 Å². The molecule has 4 N–H and O–H groups in total. The van der Waals surface area contributed by atoms with Crippen molar-refractivity contribution in [2.45, 2.75) is 19.0 Å². The van der Waals surface area contributed by atoms with Crippen molar-refractivity contribution in [3.05, 3.63) is 41.6 Å². The van der Waals surface area contributed by atoms with Crippen LogP contribution in [-0.4, -0.2) is 34.7 Å². The predicted molar refractivity (Wildman–Crippen MR) is 76.9 cm³/mol. The number of aliphatic hydroxyl groups is 1. The fraction of sp³-hybridized carbons (Fsp3) is 0.214. The van der Waals surface area contributed by atoms with Gasteiger partial charge in [-0.3, -0.25) is 4.79 Å². The molecule has 116 valence electrons. The third-order valence-corrected chi connectivity index (χ3v) is 3.17. The Balaban J connectivity index is 2.29. The first-order valence-electron chi connectivity index (χ1n) is 6.30. The van der Waals surface area contributed by atoms with Crippen molar-refractivity contribution in [2.24, 2.45) is 10.7 Å². The molecule has 1 aromatic carbocycles. The van der Waals surface area contributed by atoms with Crippen LogP contribution in [0.4, 0.5) is 14.5 Å². The summed E-state index contributed by atoms with van der Waals surface area (Å²) in [5.41, 5.74) is 6.31. The summed E-state index contributed by atoms with van der Waals surface area (Å²) in [6, 6.07) is 5.59. The van der Waals surface area contributed by atoms with Crippen molar-refractivity contribution in [2.75, 3.05) is 0 Å². The van der Waals surface area contributed by atoms with Crippen molar-refractivity contribution in [3.8, 4) is 0 Å². The molecule has 0 saturated heterocycles. The summed E-state index contributed by atoms with van der Waals surface area (Å²) < 4.78 is 26.8. The number of hydrazine groups is 1. The highest BCUT2D eigenvalue weighted by molar-refractivity contribution is 6.20. The van der Waals surface area contributed by atoms with E-state index < -0.39 is 17.9 Å². The highest BCUT2D eigenvalue weighted by Crippen LogP contribution is 2.29. The number of primary amides is 1. The van der Waals surface area contributed by atoms with Gasteiger partial charge in [-0.1, -0.05) is 16.8 Å². The van der Waals surface area contributed by atoms with Crippen LogP contribution in [0.3, 0.4) is 0 Å². The normalized spacial score (nSPS) is 19.0. The molecule has 0 spiro atoms. The molecule has 0 radical (unpaired) electrons. The highest BCUT2D eigenvalue weighted by atomic mass is 19.3. The number of nitrogens with zero attached hydrogens (tertiary/aromatic N) is 2. The second-order valence-electron chi connectivity index (χ2n) is 4.94. The highest BCUT2D eigenvalue weighted by Gasteiger charge is 2.34. The summed E-state index contributed by atoms with van der Waals surface area (Å²) >= 11 is 0. The van der Waals surface area contributed by atoms with Crippen molar-refractivity contribution in [1.29, 1.82) is 0 Å². The van der Waals surface area contributed by atoms with Crippen molar-refractivity contribution < 1.29 is 23.4 Å². The standard InChI is InChI=1S/C14H14F2N4O2/c1-14(22,13(15)16)8-3-5-9(6-4-8)18-12-10(11(17)21)7-20(2)19-12/h3-7,13,22H,2H2,1H3,(H2-,17,18,19,21)/p+1. The fourth-order valence-corrected chi connectivity index (χ4v) is 1.84. The largest absolute Gasteiger partial charge is 0.379 e. The molecule has 1 unspecified atom stereocenters. The molecule has 1 aliphatic heterocycles. The van der Waals surface area contributed by atoms with Gasteiger partial charge in [0.05, 0.1) is 5.69 Å². The van der Waals surface area contributed by atoms with Crippen molar-refractivity contribution >= 4 is 24.1 Å². The van der Waals surface area contributed by atoms with Gasteiger partial charge in [0.25, 0.3) is 12.3 Å². The zero-order valence-corrected chi connectivity index (χ0v) is 11.8. The number of nitrogens with one attached hydrogen (secondary N) is 1. The maximum Gasteiger partial charge on any atom is 0.270 e. The van der Waals surface area contributed by atoms with E-state index in [9.17, 15) is 18.7 Å². The topological polar surface area (TPSA) is 90.7 Å². The third kappa shape index (κ3) is 3.01. The van der Waals surface area contributed by atoms with Gasteiger partial charge in [0, 0.05) is 0 Å². The Morgan fingerprint density at radius 2 is 2.05 bits per heavy atom. The van der Waals surface area contributed by atoms with Gasteiger partial charge in [-0.15, -0.1) is 5.43 Å². The van der Waals surface area contributed by atoms with Gasteiger partial charge < -0.3 is 10.8 Å². The van der Waals surface area contributed by atoms with Gasteiger partial charge in [0.2, 0.25) is 12.0 Å². The molecular formula is C14H15F2N4O2+. The molecule has 2 rings (SSSR count). The average molecular weight is 309 g/mol. The van der Waals surface area contributed by atoms with Crippen LogP contribution in [0.25, 0.3) is 0 Å². The van der Waals surface area contributed by atoms with E-state index in [1.807, 2.05) is 0 Å². The zero-order valence-electron chi connectivity index (χ0n) is 11.8. The summed E-state index contributed by atoms with van der Waals surface area (Å²) in [5.74, 6) is -0.467. The Hall–Kier alpha value is -2.61. The number of amides is 1. The lowest BCUT2D eigenvalue weighted by molar-refractivity contribution is -0.488. The minimum atomic E-state index is -2.91. The third-order valence-electron chi connectivity index (χ3n) is 3.17. The number of hydrogen-bond donors (Lipinski definition) is 3. The van der Waals surface area contributed by atoms with E-state index in [2.05, 4.69) is 17.1 Å². The fourth-order valence-electron chi connectivity index (χ4n) is 1.84. The molecule has 0 aromatic heterocycles. The maximum atomic E-state index is 12.8. The number of halogens is 2. The molecule has 0 fully saturated rings. The van der Waals surface area contributed by atoms with Crippen LogP contribution >= 0.6 is 0 Å². The van der Waals surface area contributed by atoms with Gasteiger partial charge >= 0.3 is 0 Å². The molecule has 22 heavy (non-hydrogen) atoms. The SMILES string of the molecule is C=[N+]1C=C(C(N)=O)C(=Nc2ccc(C(C)(O)C(F)F)cc2)N1. The van der Waals surface area contributed by atoms with E-state index >= 15 is 0 Å². The molecule has 1 heterocycles. The van der Waals surface area contributed by atoms with Crippen molar-refractivity contribution in [3.63, 3.8) is 0 Å². The summed E-state index contributed by atoms with van der Waals surface area (Å²) in [5, 5.41) is 9.70. The van der Waals surface area contributed by atoms with E-state index in [1.165, 1.54) is 35.1 Å². The molecule has 0 aliphatic carbocycles. The summed E-state index contributed by atoms with van der Waals surface area (Å²) in [7, 11) is 0. The lowest BCUT2D eigenvalue weighted by atomic mass is 9.96. The summed E-state index contributed by atoms with van der Waals surface area (Å²) in [6.45, 7) is 4.60. The second-order valence-corrected chi connectivity index (χ2v) is 4.94. The molecule has 0 saturated carbocycles. The Morgan fingerprint density at radius 3 is 2.55 bits per heavy atom. The molecular weight excluding hydrogens is 294 g/mol. The zero-order chi connectivity index (χ0) is 16.5. The lowest BCUT2D eigenvalue weighted by Gasteiger charge is -2.22. The molecule has 8 heteroatoms. The molecule has 0 bridgehead atoms. The van der Waals surface area contributed by atoms with Crippen LogP contribution in [0.15, 0.2) is 41.0 Å². The first-order valence-corrected chi connectivity index (χ1v) is 6.30. The number of alkyl halides is 2. The van der Waals surface area contributed by atoms with E-state index in [-0.39, 0.29) is 17.0 Å². The number of hydrogen-bond acceptors (Lipinski definition) is 3. The number of amidine groups is 1. The average Bonchev–Trinajstić information content (AvgIpc) is 2.80. The number of rotatable bonds is 4. The number of carbonyl (C=O) groups is 1. The predicted octanol–water partition coefficient (Wildman–Crippen LogP) is 0.790. The van der Waals surface area contributed by atoms with Gasteiger partial charge in [-0.25, -0.2) is 13.8 Å². The monoisotopic (exact) mass is 309 g/mol. The molecule has 6 nitrogen and oxygen atoms in total. The first-order chi connectivity index (χ1) is 10.2. The summed E-state index contributed by atoms with van der Waals surface area (Å²) in [4.78, 5) is 15.4. The van der Waals surface area contributed by atoms with E-state index in [0.717, 1.165) is 6.92 Å². The number of hydrazone groups is 1. The van der Waals surface area contributed by atoms with Crippen molar-refractivity contribution in [1.82, 2.24) is 5.43 Å². The van der Waals surface area contributed by atoms with Crippen LogP contribution in [0.2, 0.25) is 0 Å². The number of benzene rings is 1. The maximum absolute atomic E-state index is 12.8. The lowest BCUT2D eigenvalue weighted by Crippen LogP contribution is -2.30. The Bertz CT molecular complexity index is 679. The van der Waals surface area contributed by atoms with E-state index in [4.69, 9.17) is 5.73 Å². The van der Waals surface area contributed by atoms with Crippen LogP contribution in [0.1, 0.15) is 12.5 Å². The molecule has 1 atom stereocenters. The van der Waals surface area contributed by atoms with E-state index in [1.54, 1.807) is 0 Å². The number of carbonyl (C=O) groups excluding carboxylic acids is 1. The first kappa shape index (κ1) is 15.8. The van der Waals surface area contributed by atoms with Gasteiger partial charge in [0.1, 0.15) is 5.60 Å². The Kier molecular flexibility index (Phi) is 4.05. The number of nitrogens with two attached hydrogens (primary N) is 1. The minimum absolute atomic E-state index is 0.0651. The quantitative estimate of drug-likeness (QED) is 0.718. The molecule has 1 aromatic rings. The van der Waals surface area contributed by atoms with E-state index in [0.29, 0.717) is 5.69 Å². The van der Waals surface area contributed by atoms with Crippen LogP contribution in [0, 0.1) is 0 Å². The smallest absolute Gasteiger partial charge is 0.270 e.